The summed E-state index contributed by atoms with van der Waals surface area (Å²) in [5.74, 6) is 2.05. The number of imidazole rings is 1. The van der Waals surface area contributed by atoms with Gasteiger partial charge in [0.25, 0.3) is 0 Å². The van der Waals surface area contributed by atoms with Crippen molar-refractivity contribution in [1.82, 2.24) is 14.9 Å². The van der Waals surface area contributed by atoms with Crippen LogP contribution in [0.4, 0.5) is 0 Å². The molecule has 1 saturated carbocycles. The van der Waals surface area contributed by atoms with E-state index in [1.54, 1.807) is 0 Å². The summed E-state index contributed by atoms with van der Waals surface area (Å²) in [6, 6.07) is 0.622. The van der Waals surface area contributed by atoms with Crippen LogP contribution in [0.2, 0.25) is 0 Å². The van der Waals surface area contributed by atoms with E-state index in [1.165, 1.54) is 44.3 Å². The van der Waals surface area contributed by atoms with Crippen molar-refractivity contribution in [3.05, 3.63) is 18.2 Å². The highest BCUT2D eigenvalue weighted by molar-refractivity contribution is 4.92. The number of hydrogen-bond acceptors (Lipinski definition) is 2. The Hall–Kier alpha value is -0.830. The number of nitrogens with one attached hydrogen (secondary N) is 1. The highest BCUT2D eigenvalue weighted by atomic mass is 15.1. The summed E-state index contributed by atoms with van der Waals surface area (Å²) in [6.07, 6.45) is 12.2. The van der Waals surface area contributed by atoms with Gasteiger partial charge in [-0.25, -0.2) is 4.98 Å². The second-order valence-electron chi connectivity index (χ2n) is 5.60. The highest BCUT2D eigenvalue weighted by Crippen LogP contribution is 2.26. The molecular weight excluding hydrogens is 222 g/mol. The van der Waals surface area contributed by atoms with Crippen molar-refractivity contribution in [2.45, 2.75) is 71.5 Å². The van der Waals surface area contributed by atoms with Gasteiger partial charge in [0.15, 0.2) is 0 Å². The molecule has 0 radical (unpaired) electrons. The molecule has 0 bridgehead atoms. The summed E-state index contributed by atoms with van der Waals surface area (Å²) in [5.41, 5.74) is 0. The molecule has 1 aliphatic carbocycles. The third-order valence-corrected chi connectivity index (χ3v) is 4.21. The molecule has 0 aliphatic heterocycles. The molecule has 18 heavy (non-hydrogen) atoms. The summed E-state index contributed by atoms with van der Waals surface area (Å²) < 4.78 is 2.26. The monoisotopic (exact) mass is 249 g/mol. The van der Waals surface area contributed by atoms with Crippen molar-refractivity contribution in [1.29, 1.82) is 0 Å². The fourth-order valence-electron chi connectivity index (χ4n) is 3.00. The number of rotatable bonds is 6. The second kappa shape index (κ2) is 6.93. The molecule has 3 nitrogen and oxygen atoms in total. The van der Waals surface area contributed by atoms with Gasteiger partial charge in [0.2, 0.25) is 0 Å². The molecule has 0 aromatic carbocycles. The molecule has 1 fully saturated rings. The minimum atomic E-state index is 0.622. The Kier molecular flexibility index (Phi) is 5.24. The van der Waals surface area contributed by atoms with E-state index in [1.807, 2.05) is 6.20 Å². The van der Waals surface area contributed by atoms with Crippen LogP contribution in [0.5, 0.6) is 0 Å². The van der Waals surface area contributed by atoms with E-state index in [2.05, 4.69) is 34.9 Å². The largest absolute Gasteiger partial charge is 0.334 e. The third-order valence-electron chi connectivity index (χ3n) is 4.21. The van der Waals surface area contributed by atoms with Crippen LogP contribution >= 0.6 is 0 Å². The Morgan fingerprint density at radius 2 is 2.17 bits per heavy atom. The fraction of sp³-hybridized carbons (Fsp3) is 0.800. The molecule has 0 saturated heterocycles. The van der Waals surface area contributed by atoms with Crippen LogP contribution in [0.25, 0.3) is 0 Å². The SMILES string of the molecule is CCCn1ccnc1CN[C@@H](C)C1CCCCC1. The van der Waals surface area contributed by atoms with Crippen LogP contribution in [-0.4, -0.2) is 15.6 Å². The van der Waals surface area contributed by atoms with Crippen LogP contribution in [0.15, 0.2) is 12.4 Å². The number of aromatic nitrogens is 2. The summed E-state index contributed by atoms with van der Waals surface area (Å²) in [5, 5.41) is 3.67. The van der Waals surface area contributed by atoms with E-state index in [-0.39, 0.29) is 0 Å². The summed E-state index contributed by atoms with van der Waals surface area (Å²) >= 11 is 0. The van der Waals surface area contributed by atoms with Gasteiger partial charge in [-0.05, 0) is 32.1 Å². The fourth-order valence-corrected chi connectivity index (χ4v) is 3.00. The molecule has 1 heterocycles. The summed E-state index contributed by atoms with van der Waals surface area (Å²) in [4.78, 5) is 4.45. The van der Waals surface area contributed by atoms with E-state index in [4.69, 9.17) is 0 Å². The summed E-state index contributed by atoms with van der Waals surface area (Å²) in [6.45, 7) is 6.53. The van der Waals surface area contributed by atoms with Gasteiger partial charge in [-0.2, -0.15) is 0 Å². The van der Waals surface area contributed by atoms with Gasteiger partial charge >= 0.3 is 0 Å². The van der Waals surface area contributed by atoms with Crippen LogP contribution in [-0.2, 0) is 13.1 Å². The van der Waals surface area contributed by atoms with Gasteiger partial charge in [-0.1, -0.05) is 26.2 Å². The first-order valence-electron chi connectivity index (χ1n) is 7.54. The molecule has 0 spiro atoms. The molecule has 1 aromatic heterocycles. The van der Waals surface area contributed by atoms with Crippen LogP contribution in [0, 0.1) is 5.92 Å². The first kappa shape index (κ1) is 13.6. The first-order chi connectivity index (χ1) is 8.81. The Bertz CT molecular complexity index is 339. The molecule has 102 valence electrons. The maximum atomic E-state index is 4.45. The average Bonchev–Trinajstić information content (AvgIpc) is 2.85. The van der Waals surface area contributed by atoms with Crippen molar-refractivity contribution >= 4 is 0 Å². The number of aryl methyl sites for hydroxylation is 1. The van der Waals surface area contributed by atoms with E-state index < -0.39 is 0 Å². The predicted octanol–water partition coefficient (Wildman–Crippen LogP) is 3.35. The van der Waals surface area contributed by atoms with Gasteiger partial charge in [-0.3, -0.25) is 0 Å². The van der Waals surface area contributed by atoms with E-state index in [0.717, 1.165) is 19.0 Å². The van der Waals surface area contributed by atoms with Gasteiger partial charge < -0.3 is 9.88 Å². The lowest BCUT2D eigenvalue weighted by molar-refractivity contribution is 0.278. The molecular formula is C15H27N3. The first-order valence-corrected chi connectivity index (χ1v) is 7.54. The quantitative estimate of drug-likeness (QED) is 0.838. The molecule has 1 N–H and O–H groups in total. The minimum absolute atomic E-state index is 0.622. The topological polar surface area (TPSA) is 29.9 Å². The van der Waals surface area contributed by atoms with Gasteiger partial charge in [-0.15, -0.1) is 0 Å². The molecule has 3 heteroatoms. The molecule has 0 unspecified atom stereocenters. The van der Waals surface area contributed by atoms with Crippen molar-refractivity contribution in [3.8, 4) is 0 Å². The van der Waals surface area contributed by atoms with Crippen molar-refractivity contribution < 1.29 is 0 Å². The summed E-state index contributed by atoms with van der Waals surface area (Å²) in [7, 11) is 0. The highest BCUT2D eigenvalue weighted by Gasteiger charge is 2.19. The molecule has 0 amide bonds. The zero-order valence-electron chi connectivity index (χ0n) is 11.9. The average molecular weight is 249 g/mol. The number of hydrogen-bond donors (Lipinski definition) is 1. The predicted molar refractivity (Wildman–Crippen MR) is 75.4 cm³/mol. The Morgan fingerprint density at radius 1 is 1.39 bits per heavy atom. The standard InChI is InChI=1S/C15H27N3/c1-3-10-18-11-9-16-15(18)12-17-13(2)14-7-5-4-6-8-14/h9,11,13-14,17H,3-8,10,12H2,1-2H3/t13-/m0/s1. The molecule has 1 aromatic rings. The Morgan fingerprint density at radius 3 is 2.89 bits per heavy atom. The van der Waals surface area contributed by atoms with Crippen molar-refractivity contribution in [2.24, 2.45) is 5.92 Å². The van der Waals surface area contributed by atoms with Crippen molar-refractivity contribution in [2.75, 3.05) is 0 Å². The molecule has 1 aliphatic rings. The Balaban J connectivity index is 1.80. The number of nitrogens with zero attached hydrogens (tertiary/aromatic N) is 2. The van der Waals surface area contributed by atoms with Gasteiger partial charge in [0.05, 0.1) is 6.54 Å². The maximum Gasteiger partial charge on any atom is 0.122 e. The smallest absolute Gasteiger partial charge is 0.122 e. The van der Waals surface area contributed by atoms with Crippen LogP contribution in [0.1, 0.15) is 58.2 Å². The zero-order valence-corrected chi connectivity index (χ0v) is 11.9. The maximum absolute atomic E-state index is 4.45. The van der Waals surface area contributed by atoms with Crippen LogP contribution in [0.3, 0.4) is 0 Å². The Labute approximate surface area is 111 Å². The zero-order chi connectivity index (χ0) is 12.8. The molecule has 2 rings (SSSR count). The van der Waals surface area contributed by atoms with Crippen molar-refractivity contribution in [3.63, 3.8) is 0 Å². The second-order valence-corrected chi connectivity index (χ2v) is 5.60. The van der Waals surface area contributed by atoms with E-state index in [0.29, 0.717) is 6.04 Å². The van der Waals surface area contributed by atoms with Crippen LogP contribution < -0.4 is 5.32 Å². The lowest BCUT2D eigenvalue weighted by Crippen LogP contribution is -2.34. The minimum Gasteiger partial charge on any atom is -0.334 e. The van der Waals surface area contributed by atoms with Gasteiger partial charge in [0.1, 0.15) is 5.82 Å². The normalized spacial score (nSPS) is 19.0. The van der Waals surface area contributed by atoms with E-state index in [9.17, 15) is 0 Å². The molecule has 1 atom stereocenters. The lowest BCUT2D eigenvalue weighted by atomic mass is 9.84. The third kappa shape index (κ3) is 3.58. The van der Waals surface area contributed by atoms with E-state index >= 15 is 0 Å². The lowest BCUT2D eigenvalue weighted by Gasteiger charge is -2.28. The van der Waals surface area contributed by atoms with Gasteiger partial charge in [0, 0.05) is 25.0 Å².